The van der Waals surface area contributed by atoms with Gasteiger partial charge in [0.2, 0.25) is 5.88 Å². The van der Waals surface area contributed by atoms with Crippen molar-refractivity contribution in [3.63, 3.8) is 0 Å². The highest BCUT2D eigenvalue weighted by Crippen LogP contribution is 2.19. The molecule has 2 rings (SSSR count). The zero-order chi connectivity index (χ0) is 19.5. The topological polar surface area (TPSA) is 85.3 Å². The molecule has 1 saturated heterocycles. The van der Waals surface area contributed by atoms with Crippen LogP contribution in [0.15, 0.2) is 23.3 Å². The van der Waals surface area contributed by atoms with Crippen molar-refractivity contribution in [1.82, 2.24) is 15.2 Å². The van der Waals surface area contributed by atoms with Crippen LogP contribution in [0.25, 0.3) is 0 Å². The number of hydrogen-bond donors (Lipinski definition) is 1. The lowest BCUT2D eigenvalue weighted by molar-refractivity contribution is -0.149. The number of rotatable bonds is 8. The van der Waals surface area contributed by atoms with Crippen molar-refractivity contribution in [3.8, 4) is 5.88 Å². The van der Waals surface area contributed by atoms with Crippen LogP contribution in [0.1, 0.15) is 25.3 Å². The van der Waals surface area contributed by atoms with Gasteiger partial charge in [-0.25, -0.2) is 4.98 Å². The van der Waals surface area contributed by atoms with Crippen LogP contribution in [0.5, 0.6) is 5.88 Å². The number of carbonyl (C=O) groups is 1. The fourth-order valence-electron chi connectivity index (χ4n) is 3.00. The highest BCUT2D eigenvalue weighted by molar-refractivity contribution is 5.80. The molecule has 1 aromatic heterocycles. The first-order chi connectivity index (χ1) is 13.2. The molecule has 0 radical (unpaired) electrons. The average molecular weight is 378 g/mol. The number of nitrogens with one attached hydrogen (secondary N) is 1. The Kier molecular flexibility index (Phi) is 8.83. The number of pyridine rings is 1. The molecule has 0 unspecified atom stereocenters. The first-order valence-electron chi connectivity index (χ1n) is 9.37. The molecule has 1 N–H and O–H groups in total. The molecule has 2 heterocycles. The number of piperidine rings is 1. The van der Waals surface area contributed by atoms with Crippen LogP contribution in [0, 0.1) is 5.92 Å². The average Bonchev–Trinajstić information content (AvgIpc) is 2.70. The molecule has 8 nitrogen and oxygen atoms in total. The largest absolute Gasteiger partial charge is 0.475 e. The predicted octanol–water partition coefficient (Wildman–Crippen LogP) is 1.46. The number of guanidine groups is 1. The van der Waals surface area contributed by atoms with Crippen molar-refractivity contribution in [2.45, 2.75) is 26.3 Å². The molecular weight excluding hydrogens is 348 g/mol. The fourth-order valence-corrected chi connectivity index (χ4v) is 3.00. The van der Waals surface area contributed by atoms with Crippen molar-refractivity contribution in [2.75, 3.05) is 47.1 Å². The molecule has 1 aliphatic rings. The number of nitrogens with zero attached hydrogens (tertiary/aromatic N) is 3. The van der Waals surface area contributed by atoms with E-state index in [1.54, 1.807) is 20.4 Å². The van der Waals surface area contributed by atoms with Gasteiger partial charge in [0.05, 0.1) is 19.1 Å². The Hall–Kier alpha value is -2.35. The molecule has 0 aromatic carbocycles. The van der Waals surface area contributed by atoms with E-state index in [0.29, 0.717) is 32.2 Å². The van der Waals surface area contributed by atoms with E-state index in [1.165, 1.54) is 0 Å². The van der Waals surface area contributed by atoms with Gasteiger partial charge in [-0.2, -0.15) is 0 Å². The van der Waals surface area contributed by atoms with E-state index in [4.69, 9.17) is 14.2 Å². The third kappa shape index (κ3) is 6.39. The maximum Gasteiger partial charge on any atom is 0.309 e. The third-order valence-electron chi connectivity index (χ3n) is 4.44. The summed E-state index contributed by atoms with van der Waals surface area (Å²) in [6.07, 6.45) is 3.26. The van der Waals surface area contributed by atoms with Crippen LogP contribution in [0.4, 0.5) is 0 Å². The monoisotopic (exact) mass is 378 g/mol. The molecule has 8 heteroatoms. The first-order valence-corrected chi connectivity index (χ1v) is 9.37. The number of esters is 1. The molecule has 150 valence electrons. The predicted molar refractivity (Wildman–Crippen MR) is 103 cm³/mol. The molecule has 1 aliphatic heterocycles. The quantitative estimate of drug-likeness (QED) is 0.317. The van der Waals surface area contributed by atoms with Gasteiger partial charge in [-0.3, -0.25) is 9.79 Å². The molecule has 27 heavy (non-hydrogen) atoms. The highest BCUT2D eigenvalue weighted by atomic mass is 16.5. The summed E-state index contributed by atoms with van der Waals surface area (Å²) < 4.78 is 15.8. The summed E-state index contributed by atoms with van der Waals surface area (Å²) in [7, 11) is 3.40. The number of hydrogen-bond acceptors (Lipinski definition) is 6. The summed E-state index contributed by atoms with van der Waals surface area (Å²) in [6, 6.07) is 3.86. The molecule has 0 saturated carbocycles. The Labute approximate surface area is 160 Å². The van der Waals surface area contributed by atoms with Crippen molar-refractivity contribution >= 4 is 11.9 Å². The van der Waals surface area contributed by atoms with Gasteiger partial charge in [0, 0.05) is 45.6 Å². The second-order valence-corrected chi connectivity index (χ2v) is 6.22. The lowest BCUT2D eigenvalue weighted by Crippen LogP contribution is -2.46. The zero-order valence-corrected chi connectivity index (χ0v) is 16.4. The first kappa shape index (κ1) is 21.0. The number of methoxy groups -OCH3 is 1. The highest BCUT2D eigenvalue weighted by Gasteiger charge is 2.27. The van der Waals surface area contributed by atoms with Gasteiger partial charge < -0.3 is 24.4 Å². The van der Waals surface area contributed by atoms with E-state index in [1.807, 2.05) is 19.1 Å². The number of carbonyl (C=O) groups excluding carboxylic acids is 1. The minimum atomic E-state index is -0.0895. The molecule has 0 bridgehead atoms. The van der Waals surface area contributed by atoms with Crippen molar-refractivity contribution in [1.29, 1.82) is 0 Å². The normalized spacial score (nSPS) is 15.5. The third-order valence-corrected chi connectivity index (χ3v) is 4.44. The Morgan fingerprint density at radius 1 is 1.37 bits per heavy atom. The summed E-state index contributed by atoms with van der Waals surface area (Å²) in [6.45, 7) is 5.34. The van der Waals surface area contributed by atoms with Crippen LogP contribution < -0.4 is 10.1 Å². The Morgan fingerprint density at radius 3 is 2.81 bits per heavy atom. The van der Waals surface area contributed by atoms with Gasteiger partial charge in [-0.05, 0) is 25.8 Å². The summed E-state index contributed by atoms with van der Waals surface area (Å²) in [5.74, 6) is 1.30. The van der Waals surface area contributed by atoms with E-state index < -0.39 is 0 Å². The number of ether oxygens (including phenoxy) is 3. The van der Waals surface area contributed by atoms with Crippen molar-refractivity contribution < 1.29 is 19.0 Å². The van der Waals surface area contributed by atoms with E-state index in [9.17, 15) is 4.79 Å². The number of aromatic nitrogens is 1. The molecule has 1 aromatic rings. The minimum absolute atomic E-state index is 0.0154. The molecular formula is C19H30N4O4. The van der Waals surface area contributed by atoms with Crippen molar-refractivity contribution in [3.05, 3.63) is 23.9 Å². The van der Waals surface area contributed by atoms with E-state index in [0.717, 1.165) is 37.5 Å². The van der Waals surface area contributed by atoms with Gasteiger partial charge in [0.1, 0.15) is 6.61 Å². The SMILES string of the molecule is CCOC(=O)C1CCN(C(=NC)NCc2cccnc2OCCOC)CC1. The van der Waals surface area contributed by atoms with Crippen LogP contribution in [0.2, 0.25) is 0 Å². The maximum atomic E-state index is 11.9. The van der Waals surface area contributed by atoms with Gasteiger partial charge in [-0.15, -0.1) is 0 Å². The molecule has 0 atom stereocenters. The zero-order valence-electron chi connectivity index (χ0n) is 16.4. The summed E-state index contributed by atoms with van der Waals surface area (Å²) in [4.78, 5) is 22.7. The van der Waals surface area contributed by atoms with E-state index in [2.05, 4.69) is 20.2 Å². The lowest BCUT2D eigenvalue weighted by atomic mass is 9.97. The van der Waals surface area contributed by atoms with Crippen LogP contribution in [0.3, 0.4) is 0 Å². The van der Waals surface area contributed by atoms with E-state index >= 15 is 0 Å². The van der Waals surface area contributed by atoms with Crippen LogP contribution in [-0.2, 0) is 20.8 Å². The molecule has 0 amide bonds. The van der Waals surface area contributed by atoms with Gasteiger partial charge in [0.25, 0.3) is 0 Å². The smallest absolute Gasteiger partial charge is 0.309 e. The molecule has 1 fully saturated rings. The standard InChI is InChI=1S/C19H30N4O4/c1-4-26-18(24)15-7-10-23(11-8-15)19(20-2)22-14-16-6-5-9-21-17(16)27-13-12-25-3/h5-6,9,15H,4,7-8,10-14H2,1-3H3,(H,20,22). The number of likely N-dealkylation sites (tertiary alicyclic amines) is 1. The molecule has 0 aliphatic carbocycles. The second kappa shape index (κ2) is 11.4. The molecule has 0 spiro atoms. The maximum absolute atomic E-state index is 11.9. The summed E-state index contributed by atoms with van der Waals surface area (Å²) in [5, 5.41) is 3.36. The fraction of sp³-hybridized carbons (Fsp3) is 0.632. The van der Waals surface area contributed by atoms with Crippen LogP contribution >= 0.6 is 0 Å². The second-order valence-electron chi connectivity index (χ2n) is 6.22. The van der Waals surface area contributed by atoms with Crippen molar-refractivity contribution in [2.24, 2.45) is 10.9 Å². The van der Waals surface area contributed by atoms with E-state index in [-0.39, 0.29) is 11.9 Å². The Morgan fingerprint density at radius 2 is 2.15 bits per heavy atom. The summed E-state index contributed by atoms with van der Waals surface area (Å²) >= 11 is 0. The number of aliphatic imine (C=N–C) groups is 1. The Balaban J connectivity index is 1.87. The summed E-state index contributed by atoms with van der Waals surface area (Å²) in [5.41, 5.74) is 0.955. The van der Waals surface area contributed by atoms with Crippen LogP contribution in [-0.4, -0.2) is 68.9 Å². The van der Waals surface area contributed by atoms with Gasteiger partial charge in [-0.1, -0.05) is 6.07 Å². The van der Waals surface area contributed by atoms with Gasteiger partial charge in [0.15, 0.2) is 5.96 Å². The lowest BCUT2D eigenvalue weighted by Gasteiger charge is -2.33. The Bertz CT molecular complexity index is 615. The minimum Gasteiger partial charge on any atom is -0.475 e. The van der Waals surface area contributed by atoms with Gasteiger partial charge >= 0.3 is 5.97 Å².